The Labute approximate surface area is 158 Å². The minimum Gasteiger partial charge on any atom is -0.455 e. The van der Waals surface area contributed by atoms with Gasteiger partial charge < -0.3 is 15.4 Å². The summed E-state index contributed by atoms with van der Waals surface area (Å²) in [5.41, 5.74) is 1.16. The van der Waals surface area contributed by atoms with Gasteiger partial charge in [-0.3, -0.25) is 4.79 Å². The Bertz CT molecular complexity index is 880. The molecule has 6 heteroatoms. The summed E-state index contributed by atoms with van der Waals surface area (Å²) in [5, 5.41) is 5.97. The highest BCUT2D eigenvalue weighted by Gasteiger charge is 2.09. The molecule has 3 aromatic rings. The normalized spacial score (nSPS) is 10.5. The van der Waals surface area contributed by atoms with Crippen molar-refractivity contribution in [2.45, 2.75) is 13.8 Å². The van der Waals surface area contributed by atoms with Gasteiger partial charge in [0, 0.05) is 18.9 Å². The van der Waals surface area contributed by atoms with Gasteiger partial charge in [0.25, 0.3) is 5.91 Å². The average Bonchev–Trinajstić information content (AvgIpc) is 2.69. The summed E-state index contributed by atoms with van der Waals surface area (Å²) >= 11 is 0. The van der Waals surface area contributed by atoms with Crippen molar-refractivity contribution in [3.8, 4) is 11.5 Å². The zero-order valence-corrected chi connectivity index (χ0v) is 15.3. The first-order valence-corrected chi connectivity index (χ1v) is 8.81. The SMILES string of the molecule is CC(C)CNC(=O)c1cnc(Nc2ccccc2Oc2ccccc2)nc1. The molecular weight excluding hydrogens is 340 g/mol. The van der Waals surface area contributed by atoms with Gasteiger partial charge in [-0.05, 0) is 30.2 Å². The number of anilines is 2. The number of rotatable bonds is 7. The lowest BCUT2D eigenvalue weighted by molar-refractivity contribution is 0.0948. The van der Waals surface area contributed by atoms with Gasteiger partial charge in [0.2, 0.25) is 5.95 Å². The number of amides is 1. The summed E-state index contributed by atoms with van der Waals surface area (Å²) < 4.78 is 5.92. The Morgan fingerprint density at radius 2 is 1.67 bits per heavy atom. The fourth-order valence-electron chi connectivity index (χ4n) is 2.30. The molecule has 3 rings (SSSR count). The molecule has 0 atom stereocenters. The second kappa shape index (κ2) is 8.80. The van der Waals surface area contributed by atoms with Crippen LogP contribution in [0.15, 0.2) is 67.0 Å². The van der Waals surface area contributed by atoms with Crippen LogP contribution < -0.4 is 15.4 Å². The third kappa shape index (κ3) is 5.28. The summed E-state index contributed by atoms with van der Waals surface area (Å²) in [4.78, 5) is 20.5. The molecule has 138 valence electrons. The standard InChI is InChI=1S/C21H22N4O2/c1-15(2)12-22-20(26)16-13-23-21(24-14-16)25-18-10-6-7-11-19(18)27-17-8-4-3-5-9-17/h3-11,13-15H,12H2,1-2H3,(H,22,26)(H,23,24,25). The molecule has 0 spiro atoms. The van der Waals surface area contributed by atoms with E-state index >= 15 is 0 Å². The maximum Gasteiger partial charge on any atom is 0.254 e. The zero-order valence-electron chi connectivity index (χ0n) is 15.3. The lowest BCUT2D eigenvalue weighted by atomic mass is 10.2. The van der Waals surface area contributed by atoms with E-state index in [0.717, 1.165) is 11.4 Å². The predicted molar refractivity (Wildman–Crippen MR) is 105 cm³/mol. The summed E-state index contributed by atoms with van der Waals surface area (Å²) in [6, 6.07) is 17.1. The van der Waals surface area contributed by atoms with Crippen LogP contribution >= 0.6 is 0 Å². The average molecular weight is 362 g/mol. The number of nitrogens with one attached hydrogen (secondary N) is 2. The van der Waals surface area contributed by atoms with E-state index in [1.807, 2.05) is 68.4 Å². The van der Waals surface area contributed by atoms with Gasteiger partial charge in [-0.25, -0.2) is 9.97 Å². The van der Waals surface area contributed by atoms with Crippen molar-refractivity contribution in [1.82, 2.24) is 15.3 Å². The quantitative estimate of drug-likeness (QED) is 0.651. The first-order chi connectivity index (χ1) is 13.1. The summed E-state index contributed by atoms with van der Waals surface area (Å²) in [5.74, 6) is 2.00. The molecule has 0 aliphatic rings. The summed E-state index contributed by atoms with van der Waals surface area (Å²) in [7, 11) is 0. The van der Waals surface area contributed by atoms with Crippen LogP contribution in [0.2, 0.25) is 0 Å². The van der Waals surface area contributed by atoms with Gasteiger partial charge in [-0.1, -0.05) is 44.2 Å². The minimum atomic E-state index is -0.178. The summed E-state index contributed by atoms with van der Waals surface area (Å²) in [6.07, 6.45) is 3.01. The Balaban J connectivity index is 1.70. The van der Waals surface area contributed by atoms with Crippen LogP contribution in [0.1, 0.15) is 24.2 Å². The maximum atomic E-state index is 12.0. The Morgan fingerprint density at radius 3 is 2.37 bits per heavy atom. The molecule has 0 radical (unpaired) electrons. The third-order valence-corrected chi connectivity index (χ3v) is 3.69. The zero-order chi connectivity index (χ0) is 19.1. The summed E-state index contributed by atoms with van der Waals surface area (Å²) in [6.45, 7) is 4.69. The Kier molecular flexibility index (Phi) is 5.99. The van der Waals surface area contributed by atoms with Crippen LogP contribution in [0.4, 0.5) is 11.6 Å². The van der Waals surface area contributed by atoms with Crippen molar-refractivity contribution in [3.05, 3.63) is 72.6 Å². The van der Waals surface area contributed by atoms with Crippen molar-refractivity contribution in [2.75, 3.05) is 11.9 Å². The molecule has 0 fully saturated rings. The van der Waals surface area contributed by atoms with Gasteiger partial charge in [0.05, 0.1) is 11.3 Å². The number of carbonyl (C=O) groups is 1. The molecular formula is C21H22N4O2. The number of aromatic nitrogens is 2. The van der Waals surface area contributed by atoms with Crippen molar-refractivity contribution >= 4 is 17.5 Å². The van der Waals surface area contributed by atoms with E-state index in [0.29, 0.717) is 29.7 Å². The number of carbonyl (C=O) groups excluding carboxylic acids is 1. The van der Waals surface area contributed by atoms with E-state index in [1.165, 1.54) is 12.4 Å². The Hall–Kier alpha value is -3.41. The topological polar surface area (TPSA) is 76.1 Å². The smallest absolute Gasteiger partial charge is 0.254 e. The van der Waals surface area contributed by atoms with Crippen LogP contribution in [-0.4, -0.2) is 22.4 Å². The highest BCUT2D eigenvalue weighted by molar-refractivity contribution is 5.93. The van der Waals surface area contributed by atoms with Gasteiger partial charge in [0.15, 0.2) is 5.75 Å². The lowest BCUT2D eigenvalue weighted by Gasteiger charge is -2.12. The van der Waals surface area contributed by atoms with Gasteiger partial charge in [0.1, 0.15) is 5.75 Å². The monoisotopic (exact) mass is 362 g/mol. The van der Waals surface area contributed by atoms with Crippen LogP contribution in [-0.2, 0) is 0 Å². The fourth-order valence-corrected chi connectivity index (χ4v) is 2.30. The van der Waals surface area contributed by atoms with Crippen molar-refractivity contribution in [2.24, 2.45) is 5.92 Å². The molecule has 0 saturated heterocycles. The predicted octanol–water partition coefficient (Wildman–Crippen LogP) is 4.40. The highest BCUT2D eigenvalue weighted by atomic mass is 16.5. The van der Waals surface area contributed by atoms with Crippen molar-refractivity contribution in [1.29, 1.82) is 0 Å². The molecule has 1 amide bonds. The first-order valence-electron chi connectivity index (χ1n) is 8.81. The largest absolute Gasteiger partial charge is 0.455 e. The molecule has 0 aliphatic heterocycles. The van der Waals surface area contributed by atoms with Crippen molar-refractivity contribution in [3.63, 3.8) is 0 Å². The fraction of sp³-hybridized carbons (Fsp3) is 0.190. The van der Waals surface area contributed by atoms with E-state index in [-0.39, 0.29) is 5.91 Å². The van der Waals surface area contributed by atoms with Crippen LogP contribution in [0.3, 0.4) is 0 Å². The highest BCUT2D eigenvalue weighted by Crippen LogP contribution is 2.30. The minimum absolute atomic E-state index is 0.178. The number of para-hydroxylation sites is 3. The van der Waals surface area contributed by atoms with E-state index in [4.69, 9.17) is 4.74 Å². The molecule has 0 aliphatic carbocycles. The maximum absolute atomic E-state index is 12.0. The molecule has 0 saturated carbocycles. The molecule has 6 nitrogen and oxygen atoms in total. The second-order valence-electron chi connectivity index (χ2n) is 6.44. The first kappa shape index (κ1) is 18.4. The molecule has 1 aromatic heterocycles. The number of hydrogen-bond donors (Lipinski definition) is 2. The van der Waals surface area contributed by atoms with E-state index in [1.54, 1.807) is 0 Å². The molecule has 2 aromatic carbocycles. The number of hydrogen-bond acceptors (Lipinski definition) is 5. The van der Waals surface area contributed by atoms with Crippen molar-refractivity contribution < 1.29 is 9.53 Å². The second-order valence-corrected chi connectivity index (χ2v) is 6.44. The van der Waals surface area contributed by atoms with E-state index in [9.17, 15) is 4.79 Å². The molecule has 0 bridgehead atoms. The molecule has 1 heterocycles. The number of benzene rings is 2. The molecule has 2 N–H and O–H groups in total. The van der Waals surface area contributed by atoms with Gasteiger partial charge >= 0.3 is 0 Å². The van der Waals surface area contributed by atoms with Gasteiger partial charge in [-0.2, -0.15) is 0 Å². The van der Waals surface area contributed by atoms with E-state index < -0.39 is 0 Å². The van der Waals surface area contributed by atoms with Crippen LogP contribution in [0.5, 0.6) is 11.5 Å². The number of nitrogens with zero attached hydrogens (tertiary/aromatic N) is 2. The van der Waals surface area contributed by atoms with E-state index in [2.05, 4.69) is 20.6 Å². The Morgan fingerprint density at radius 1 is 1.00 bits per heavy atom. The molecule has 27 heavy (non-hydrogen) atoms. The van der Waals surface area contributed by atoms with Crippen LogP contribution in [0, 0.1) is 5.92 Å². The molecule has 0 unspecified atom stereocenters. The number of ether oxygens (including phenoxy) is 1. The van der Waals surface area contributed by atoms with Crippen LogP contribution in [0.25, 0.3) is 0 Å². The lowest BCUT2D eigenvalue weighted by Crippen LogP contribution is -2.27. The third-order valence-electron chi connectivity index (χ3n) is 3.69. The van der Waals surface area contributed by atoms with Gasteiger partial charge in [-0.15, -0.1) is 0 Å².